The van der Waals surface area contributed by atoms with E-state index in [-0.39, 0.29) is 11.9 Å². The summed E-state index contributed by atoms with van der Waals surface area (Å²) in [7, 11) is 0. The van der Waals surface area contributed by atoms with Crippen LogP contribution in [0.15, 0.2) is 67.1 Å². The first-order valence-electron chi connectivity index (χ1n) is 12.1. The molecule has 8 heteroatoms. The van der Waals surface area contributed by atoms with E-state index in [1.165, 1.54) is 27.9 Å². The van der Waals surface area contributed by atoms with Crippen LogP contribution in [0.4, 0.5) is 0 Å². The molecule has 0 fully saturated rings. The van der Waals surface area contributed by atoms with Crippen molar-refractivity contribution in [1.29, 1.82) is 0 Å². The lowest BCUT2D eigenvalue weighted by molar-refractivity contribution is 0.0950. The molecule has 0 radical (unpaired) electrons. The topological polar surface area (TPSA) is 71.0 Å². The highest BCUT2D eigenvalue weighted by Crippen LogP contribution is 2.35. The van der Waals surface area contributed by atoms with Gasteiger partial charge in [0.2, 0.25) is 0 Å². The van der Waals surface area contributed by atoms with Gasteiger partial charge in [-0.25, -0.2) is 9.97 Å². The summed E-state index contributed by atoms with van der Waals surface area (Å²) >= 11 is 7.68. The Morgan fingerprint density at radius 2 is 1.97 bits per heavy atom. The number of carbonyl (C=O) groups excluding carboxylic acids is 1. The van der Waals surface area contributed by atoms with Crippen molar-refractivity contribution < 1.29 is 4.79 Å². The van der Waals surface area contributed by atoms with Gasteiger partial charge in [0.25, 0.3) is 5.91 Å². The molecule has 6 nitrogen and oxygen atoms in total. The zero-order valence-electron chi connectivity index (χ0n) is 20.2. The van der Waals surface area contributed by atoms with E-state index in [4.69, 9.17) is 16.6 Å². The van der Waals surface area contributed by atoms with Gasteiger partial charge < -0.3 is 5.32 Å². The number of rotatable bonds is 8. The number of aryl methyl sites for hydroxylation is 2. The number of pyridine rings is 2. The number of nitrogens with zero attached hydrogens (tertiary/aromatic N) is 4. The van der Waals surface area contributed by atoms with Gasteiger partial charge in [0.1, 0.15) is 10.2 Å². The fraction of sp³-hybridized carbons (Fsp3) is 0.286. The molecular weight excluding hydrogens is 490 g/mol. The second kappa shape index (κ2) is 11.3. The minimum atomic E-state index is -0.171. The van der Waals surface area contributed by atoms with Crippen molar-refractivity contribution in [3.8, 4) is 0 Å². The number of halogens is 1. The highest BCUT2D eigenvalue weighted by molar-refractivity contribution is 7.11. The molecule has 36 heavy (non-hydrogen) atoms. The predicted molar refractivity (Wildman–Crippen MR) is 143 cm³/mol. The van der Waals surface area contributed by atoms with Gasteiger partial charge in [-0.3, -0.25) is 14.7 Å². The predicted octanol–water partition coefficient (Wildman–Crippen LogP) is 5.90. The average Bonchev–Trinajstić information content (AvgIpc) is 3.31. The zero-order valence-corrected chi connectivity index (χ0v) is 21.7. The lowest BCUT2D eigenvalue weighted by Gasteiger charge is -2.34. The number of aromatic nitrogens is 3. The van der Waals surface area contributed by atoms with Crippen LogP contribution in [0.5, 0.6) is 0 Å². The van der Waals surface area contributed by atoms with Crippen molar-refractivity contribution in [2.45, 2.75) is 51.9 Å². The second-order valence-corrected chi connectivity index (χ2v) is 10.8. The zero-order chi connectivity index (χ0) is 24.9. The SMILES string of the molecule is Cc1cnc(CN(Cc2cccc(CNC(=O)c3ccnc(Cl)c3)c2)C2CCCc3cccnc32)s1. The summed E-state index contributed by atoms with van der Waals surface area (Å²) in [6.45, 7) is 4.09. The molecule has 5 rings (SSSR count). The Balaban J connectivity index is 1.34. The Morgan fingerprint density at radius 3 is 2.81 bits per heavy atom. The van der Waals surface area contributed by atoms with Crippen molar-refractivity contribution in [2.75, 3.05) is 0 Å². The molecule has 1 aromatic carbocycles. The van der Waals surface area contributed by atoms with Gasteiger partial charge in [0.15, 0.2) is 0 Å². The highest BCUT2D eigenvalue weighted by Gasteiger charge is 2.28. The van der Waals surface area contributed by atoms with Crippen molar-refractivity contribution in [2.24, 2.45) is 0 Å². The molecule has 0 bridgehead atoms. The van der Waals surface area contributed by atoms with Gasteiger partial charge in [-0.15, -0.1) is 11.3 Å². The van der Waals surface area contributed by atoms with E-state index in [9.17, 15) is 4.79 Å². The highest BCUT2D eigenvalue weighted by atomic mass is 35.5. The summed E-state index contributed by atoms with van der Waals surface area (Å²) in [5, 5.41) is 4.41. The van der Waals surface area contributed by atoms with Gasteiger partial charge in [0, 0.05) is 42.1 Å². The van der Waals surface area contributed by atoms with Crippen molar-refractivity contribution in [1.82, 2.24) is 25.2 Å². The van der Waals surface area contributed by atoms with Gasteiger partial charge in [-0.05, 0) is 61.1 Å². The Morgan fingerprint density at radius 1 is 1.08 bits per heavy atom. The second-order valence-electron chi connectivity index (χ2n) is 9.10. The molecule has 1 unspecified atom stereocenters. The molecule has 0 aliphatic heterocycles. The first kappa shape index (κ1) is 24.6. The largest absolute Gasteiger partial charge is 0.348 e. The van der Waals surface area contributed by atoms with Crippen LogP contribution in [0.3, 0.4) is 0 Å². The molecule has 1 atom stereocenters. The van der Waals surface area contributed by atoms with Crippen LogP contribution in [-0.2, 0) is 26.1 Å². The molecule has 1 N–H and O–H groups in total. The first-order chi connectivity index (χ1) is 17.5. The Kier molecular flexibility index (Phi) is 7.70. The number of nitrogens with one attached hydrogen (secondary N) is 1. The number of carbonyl (C=O) groups is 1. The maximum atomic E-state index is 12.5. The maximum absolute atomic E-state index is 12.5. The van der Waals surface area contributed by atoms with Gasteiger partial charge in [-0.1, -0.05) is 41.9 Å². The van der Waals surface area contributed by atoms with Crippen LogP contribution in [0.25, 0.3) is 0 Å². The summed E-state index contributed by atoms with van der Waals surface area (Å²) < 4.78 is 0. The Labute approximate surface area is 220 Å². The Bertz CT molecular complexity index is 1360. The maximum Gasteiger partial charge on any atom is 0.251 e. The van der Waals surface area contributed by atoms with Crippen molar-refractivity contribution >= 4 is 28.8 Å². The van der Waals surface area contributed by atoms with Gasteiger partial charge in [-0.2, -0.15) is 0 Å². The van der Waals surface area contributed by atoms with Crippen molar-refractivity contribution in [3.05, 3.63) is 110 Å². The molecule has 1 aliphatic rings. The van der Waals surface area contributed by atoms with E-state index >= 15 is 0 Å². The molecule has 0 saturated heterocycles. The fourth-order valence-electron chi connectivity index (χ4n) is 4.77. The number of fused-ring (bicyclic) bond motifs is 1. The van der Waals surface area contributed by atoms with Crippen LogP contribution in [0, 0.1) is 6.92 Å². The molecule has 4 aromatic rings. The lowest BCUT2D eigenvalue weighted by atomic mass is 9.90. The molecule has 1 amide bonds. The molecule has 3 heterocycles. The molecule has 3 aromatic heterocycles. The fourth-order valence-corrected chi connectivity index (χ4v) is 5.75. The minimum Gasteiger partial charge on any atom is -0.348 e. The van der Waals surface area contributed by atoms with E-state index in [1.807, 2.05) is 24.5 Å². The summed E-state index contributed by atoms with van der Waals surface area (Å²) in [6, 6.07) is 16.1. The first-order valence-corrected chi connectivity index (χ1v) is 13.3. The third-order valence-electron chi connectivity index (χ3n) is 6.43. The Hall–Kier alpha value is -3.13. The number of hydrogen-bond acceptors (Lipinski definition) is 6. The van der Waals surface area contributed by atoms with Crippen LogP contribution in [-0.4, -0.2) is 25.8 Å². The number of amides is 1. The van der Waals surface area contributed by atoms with E-state index in [0.717, 1.165) is 42.9 Å². The number of thiazole rings is 1. The number of hydrogen-bond donors (Lipinski definition) is 1. The van der Waals surface area contributed by atoms with Crippen LogP contribution < -0.4 is 5.32 Å². The molecule has 0 saturated carbocycles. The molecule has 0 spiro atoms. The van der Waals surface area contributed by atoms with Gasteiger partial charge >= 0.3 is 0 Å². The lowest BCUT2D eigenvalue weighted by Crippen LogP contribution is -2.31. The van der Waals surface area contributed by atoms with E-state index in [2.05, 4.69) is 51.4 Å². The van der Waals surface area contributed by atoms with Crippen LogP contribution in [0.1, 0.15) is 61.5 Å². The third-order valence-corrected chi connectivity index (χ3v) is 7.54. The monoisotopic (exact) mass is 517 g/mol. The number of benzene rings is 1. The van der Waals surface area contributed by atoms with Gasteiger partial charge in [0.05, 0.1) is 18.3 Å². The minimum absolute atomic E-state index is 0.171. The summed E-state index contributed by atoms with van der Waals surface area (Å²) in [5.41, 5.74) is 5.29. The smallest absolute Gasteiger partial charge is 0.251 e. The summed E-state index contributed by atoms with van der Waals surface area (Å²) in [4.78, 5) is 29.6. The third kappa shape index (κ3) is 5.98. The summed E-state index contributed by atoms with van der Waals surface area (Å²) in [5.74, 6) is -0.171. The van der Waals surface area contributed by atoms with Crippen LogP contribution >= 0.6 is 22.9 Å². The molecule has 1 aliphatic carbocycles. The van der Waals surface area contributed by atoms with E-state index < -0.39 is 0 Å². The standard InChI is InChI=1S/C28H28ClN5OS/c1-19-15-32-26(36-19)18-34(24-9-3-7-22-8-4-11-31-27(22)24)17-21-6-2-5-20(13-21)16-33-28(35)23-10-12-30-25(29)14-23/h2,4-6,8,10-15,24H,3,7,9,16-18H2,1H3,(H,33,35). The van der Waals surface area contributed by atoms with E-state index in [0.29, 0.717) is 17.3 Å². The molecular formula is C28H28ClN5OS. The van der Waals surface area contributed by atoms with Crippen LogP contribution in [0.2, 0.25) is 5.15 Å². The van der Waals surface area contributed by atoms with Crippen molar-refractivity contribution in [3.63, 3.8) is 0 Å². The molecule has 184 valence electrons. The van der Waals surface area contributed by atoms with E-state index in [1.54, 1.807) is 23.5 Å². The average molecular weight is 518 g/mol. The summed E-state index contributed by atoms with van der Waals surface area (Å²) in [6.07, 6.45) is 8.71. The normalized spacial score (nSPS) is 15.0. The quantitative estimate of drug-likeness (QED) is 0.294.